The van der Waals surface area contributed by atoms with E-state index >= 15 is 0 Å². The molecule has 0 aromatic rings. The lowest BCUT2D eigenvalue weighted by molar-refractivity contribution is -0.152. The van der Waals surface area contributed by atoms with Crippen molar-refractivity contribution in [1.29, 1.82) is 0 Å². The minimum Gasteiger partial charge on any atom is -0.464 e. The summed E-state index contributed by atoms with van der Waals surface area (Å²) in [7, 11) is 0. The van der Waals surface area contributed by atoms with E-state index in [9.17, 15) is 9.59 Å². The zero-order chi connectivity index (χ0) is 7.56. The number of carbonyl (C=O) groups is 2. The Labute approximate surface area is 58.5 Å². The van der Waals surface area contributed by atoms with Gasteiger partial charge in [-0.05, 0) is 6.92 Å². The van der Waals surface area contributed by atoms with Crippen LogP contribution in [-0.2, 0) is 14.3 Å². The van der Waals surface area contributed by atoms with Crippen LogP contribution in [0, 0.1) is 0 Å². The van der Waals surface area contributed by atoms with Crippen molar-refractivity contribution in [3.8, 4) is 0 Å². The molecule has 0 aromatic heterocycles. The third-order valence-corrected chi connectivity index (χ3v) is 1.30. The maximum absolute atomic E-state index is 10.7. The highest BCUT2D eigenvalue weighted by molar-refractivity contribution is 5.94. The number of nitrogens with one attached hydrogen (secondary N) is 1. The Bertz CT molecular complexity index is 158. The molecule has 0 radical (unpaired) electrons. The second-order valence-electron chi connectivity index (χ2n) is 2.08. The van der Waals surface area contributed by atoms with E-state index in [1.54, 1.807) is 6.92 Å². The van der Waals surface area contributed by atoms with E-state index < -0.39 is 0 Å². The number of amides is 1. The van der Waals surface area contributed by atoms with Crippen LogP contribution in [0.1, 0.15) is 13.3 Å². The number of carbonyl (C=O) groups excluding carboxylic acids is 2. The van der Waals surface area contributed by atoms with Crippen molar-refractivity contribution in [2.45, 2.75) is 19.4 Å². The van der Waals surface area contributed by atoms with Gasteiger partial charge in [-0.15, -0.1) is 0 Å². The summed E-state index contributed by atoms with van der Waals surface area (Å²) in [4.78, 5) is 21.0. The molecule has 10 heavy (non-hydrogen) atoms. The zero-order valence-corrected chi connectivity index (χ0v) is 5.72. The van der Waals surface area contributed by atoms with Crippen LogP contribution < -0.4 is 5.32 Å². The summed E-state index contributed by atoms with van der Waals surface area (Å²) in [6.07, 6.45) is 0.277. The van der Waals surface area contributed by atoms with E-state index in [2.05, 4.69) is 10.1 Å². The molecule has 0 aliphatic carbocycles. The standard InChI is InChI=1S/C6H9NO3/c1-2-10-6(9)4-3-5(8)7-4/h4H,2-3H2,1H3,(H,7,8)/t4-/m0/s1. The molecule has 1 aliphatic rings. The van der Waals surface area contributed by atoms with Gasteiger partial charge in [-0.3, -0.25) is 4.79 Å². The predicted molar refractivity (Wildman–Crippen MR) is 33.2 cm³/mol. The van der Waals surface area contributed by atoms with Crippen LogP contribution in [0.25, 0.3) is 0 Å². The Morgan fingerprint density at radius 2 is 2.50 bits per heavy atom. The lowest BCUT2D eigenvalue weighted by Gasteiger charge is -2.24. The van der Waals surface area contributed by atoms with Crippen molar-refractivity contribution in [1.82, 2.24) is 5.32 Å². The molecule has 1 atom stereocenters. The second-order valence-corrected chi connectivity index (χ2v) is 2.08. The van der Waals surface area contributed by atoms with Crippen LogP contribution in [-0.4, -0.2) is 24.5 Å². The van der Waals surface area contributed by atoms with Gasteiger partial charge >= 0.3 is 5.97 Å². The number of hydrogen-bond acceptors (Lipinski definition) is 3. The molecule has 0 bridgehead atoms. The fourth-order valence-electron chi connectivity index (χ4n) is 0.744. The number of rotatable bonds is 2. The van der Waals surface area contributed by atoms with Gasteiger partial charge in [0.2, 0.25) is 5.91 Å². The molecule has 1 rings (SSSR count). The molecule has 1 fully saturated rings. The van der Waals surface area contributed by atoms with Crippen LogP contribution in [0.5, 0.6) is 0 Å². The van der Waals surface area contributed by atoms with Crippen molar-refractivity contribution in [3.63, 3.8) is 0 Å². The lowest BCUT2D eigenvalue weighted by atomic mass is 10.1. The number of β-lactam (4-membered cyclic amide) rings is 1. The molecule has 1 aliphatic heterocycles. The van der Waals surface area contributed by atoms with Crippen molar-refractivity contribution in [3.05, 3.63) is 0 Å². The summed E-state index contributed by atoms with van der Waals surface area (Å²) < 4.78 is 4.64. The molecule has 0 saturated carbocycles. The van der Waals surface area contributed by atoms with Crippen LogP contribution >= 0.6 is 0 Å². The summed E-state index contributed by atoms with van der Waals surface area (Å²) in [5.41, 5.74) is 0. The molecule has 1 heterocycles. The number of hydrogen-bond donors (Lipinski definition) is 1. The fraction of sp³-hybridized carbons (Fsp3) is 0.667. The summed E-state index contributed by atoms with van der Waals surface area (Å²) in [6, 6.07) is -0.382. The Morgan fingerprint density at radius 3 is 2.90 bits per heavy atom. The largest absolute Gasteiger partial charge is 0.464 e. The zero-order valence-electron chi connectivity index (χ0n) is 5.72. The van der Waals surface area contributed by atoms with E-state index in [1.807, 2.05) is 0 Å². The molecule has 0 aromatic carbocycles. The first-order chi connectivity index (χ1) is 4.74. The van der Waals surface area contributed by atoms with Gasteiger partial charge in [0.1, 0.15) is 6.04 Å². The Kier molecular flexibility index (Phi) is 1.89. The summed E-state index contributed by atoms with van der Waals surface area (Å²) in [5, 5.41) is 2.41. The van der Waals surface area contributed by atoms with Gasteiger partial charge < -0.3 is 10.1 Å². The van der Waals surface area contributed by atoms with Crippen LogP contribution in [0.2, 0.25) is 0 Å². The van der Waals surface area contributed by atoms with Gasteiger partial charge in [-0.2, -0.15) is 0 Å². The fourth-order valence-corrected chi connectivity index (χ4v) is 0.744. The smallest absolute Gasteiger partial charge is 0.329 e. The molecule has 0 unspecified atom stereocenters. The highest BCUT2D eigenvalue weighted by atomic mass is 16.5. The topological polar surface area (TPSA) is 55.4 Å². The molecule has 1 amide bonds. The highest BCUT2D eigenvalue weighted by Crippen LogP contribution is 2.05. The Hall–Kier alpha value is -1.06. The van der Waals surface area contributed by atoms with E-state index in [4.69, 9.17) is 0 Å². The third-order valence-electron chi connectivity index (χ3n) is 1.30. The normalized spacial score (nSPS) is 22.9. The minimum absolute atomic E-state index is 0.0851. The minimum atomic E-state index is -0.382. The molecule has 1 N–H and O–H groups in total. The third kappa shape index (κ3) is 1.26. The van der Waals surface area contributed by atoms with E-state index in [0.717, 1.165) is 0 Å². The Balaban J connectivity index is 2.24. The second kappa shape index (κ2) is 2.68. The molecule has 4 nitrogen and oxygen atoms in total. The van der Waals surface area contributed by atoms with Crippen LogP contribution in [0.3, 0.4) is 0 Å². The summed E-state index contributed by atoms with van der Waals surface area (Å²) in [5.74, 6) is -0.417. The average Bonchev–Trinajstić information content (AvgIpc) is 1.82. The molecule has 1 saturated heterocycles. The van der Waals surface area contributed by atoms with Gasteiger partial charge in [0.05, 0.1) is 13.0 Å². The first-order valence-electron chi connectivity index (χ1n) is 3.20. The quantitative estimate of drug-likeness (QED) is 0.416. The first kappa shape index (κ1) is 7.05. The predicted octanol–water partition coefficient (Wildman–Crippen LogP) is -0.562. The van der Waals surface area contributed by atoms with Crippen LogP contribution in [0.15, 0.2) is 0 Å². The molecular formula is C6H9NO3. The average molecular weight is 143 g/mol. The summed E-state index contributed by atoms with van der Waals surface area (Å²) >= 11 is 0. The maximum Gasteiger partial charge on any atom is 0.329 e. The van der Waals surface area contributed by atoms with E-state index in [0.29, 0.717) is 6.61 Å². The molecular weight excluding hydrogens is 134 g/mol. The number of ether oxygens (including phenoxy) is 1. The van der Waals surface area contributed by atoms with Crippen molar-refractivity contribution in [2.24, 2.45) is 0 Å². The molecule has 4 heteroatoms. The molecule has 56 valence electrons. The van der Waals surface area contributed by atoms with Gasteiger partial charge in [0.15, 0.2) is 0 Å². The monoisotopic (exact) mass is 143 g/mol. The van der Waals surface area contributed by atoms with Crippen molar-refractivity contribution < 1.29 is 14.3 Å². The highest BCUT2D eigenvalue weighted by Gasteiger charge is 2.32. The molecule has 0 spiro atoms. The first-order valence-corrected chi connectivity index (χ1v) is 3.20. The van der Waals surface area contributed by atoms with Gasteiger partial charge in [0.25, 0.3) is 0 Å². The Morgan fingerprint density at radius 1 is 1.90 bits per heavy atom. The van der Waals surface area contributed by atoms with E-state index in [-0.39, 0.29) is 24.3 Å². The van der Waals surface area contributed by atoms with Gasteiger partial charge in [0, 0.05) is 0 Å². The van der Waals surface area contributed by atoms with Gasteiger partial charge in [-0.1, -0.05) is 0 Å². The van der Waals surface area contributed by atoms with Crippen LogP contribution in [0.4, 0.5) is 0 Å². The van der Waals surface area contributed by atoms with Crippen molar-refractivity contribution in [2.75, 3.05) is 6.61 Å². The maximum atomic E-state index is 10.7. The number of esters is 1. The van der Waals surface area contributed by atoms with E-state index in [1.165, 1.54) is 0 Å². The lowest BCUT2D eigenvalue weighted by Crippen LogP contribution is -2.53. The SMILES string of the molecule is CCOC(=O)[C@@H]1CC(=O)N1. The summed E-state index contributed by atoms with van der Waals surface area (Å²) in [6.45, 7) is 2.10. The van der Waals surface area contributed by atoms with Gasteiger partial charge in [-0.25, -0.2) is 4.79 Å². The van der Waals surface area contributed by atoms with Crippen molar-refractivity contribution >= 4 is 11.9 Å².